The lowest BCUT2D eigenvalue weighted by molar-refractivity contribution is 0.0946. The summed E-state index contributed by atoms with van der Waals surface area (Å²) in [7, 11) is 1.60. The number of amides is 3. The number of urea groups is 1. The van der Waals surface area contributed by atoms with Gasteiger partial charge in [0.05, 0.1) is 12.6 Å². The first-order valence-corrected chi connectivity index (χ1v) is 7.93. The average molecular weight is 350 g/mol. The molecule has 3 amide bonds. The average Bonchev–Trinajstić information content (AvgIpc) is 2.66. The van der Waals surface area contributed by atoms with Crippen molar-refractivity contribution in [2.75, 3.05) is 12.4 Å². The number of benzene rings is 2. The molecule has 0 saturated heterocycles. The molecule has 0 bridgehead atoms. The third-order valence-electron chi connectivity index (χ3n) is 3.80. The minimum absolute atomic E-state index is 0.262. The summed E-state index contributed by atoms with van der Waals surface area (Å²) in [4.78, 5) is 27.5. The number of hydrogen-bond donors (Lipinski definition) is 3. The Morgan fingerprint density at radius 1 is 1.08 bits per heavy atom. The van der Waals surface area contributed by atoms with Gasteiger partial charge < -0.3 is 21.1 Å². The Morgan fingerprint density at radius 3 is 2.54 bits per heavy atom. The van der Waals surface area contributed by atoms with Gasteiger partial charge in [0.1, 0.15) is 11.4 Å². The molecule has 0 aliphatic rings. The van der Waals surface area contributed by atoms with E-state index in [-0.39, 0.29) is 5.91 Å². The summed E-state index contributed by atoms with van der Waals surface area (Å²) in [5.41, 5.74) is 7.61. The summed E-state index contributed by atoms with van der Waals surface area (Å²) in [5, 5.41) is 6.21. The van der Waals surface area contributed by atoms with Crippen LogP contribution in [-0.2, 0) is 6.54 Å². The lowest BCUT2D eigenvalue weighted by Gasteiger charge is -2.08. The Balaban J connectivity index is 1.66. The second kappa shape index (κ2) is 7.52. The van der Waals surface area contributed by atoms with E-state index in [0.29, 0.717) is 17.9 Å². The number of anilines is 1. The summed E-state index contributed by atoms with van der Waals surface area (Å²) < 4.78 is 5.18. The normalized spacial score (nSPS) is 10.3. The van der Waals surface area contributed by atoms with Gasteiger partial charge in [-0.3, -0.25) is 4.79 Å². The zero-order chi connectivity index (χ0) is 18.5. The Kier molecular flexibility index (Phi) is 4.98. The molecule has 26 heavy (non-hydrogen) atoms. The number of fused-ring (bicyclic) bond motifs is 1. The minimum Gasteiger partial charge on any atom is -0.497 e. The van der Waals surface area contributed by atoms with E-state index < -0.39 is 6.03 Å². The highest BCUT2D eigenvalue weighted by Crippen LogP contribution is 2.19. The van der Waals surface area contributed by atoms with E-state index in [2.05, 4.69) is 15.6 Å². The number of nitrogens with two attached hydrogens (primary N) is 1. The number of rotatable bonds is 5. The number of nitrogens with zero attached hydrogens (tertiary/aromatic N) is 1. The molecule has 0 fully saturated rings. The molecule has 3 rings (SSSR count). The molecule has 1 heterocycles. The Labute approximate surface area is 150 Å². The van der Waals surface area contributed by atoms with Crippen molar-refractivity contribution in [1.82, 2.24) is 10.3 Å². The molecule has 1 aromatic heterocycles. The van der Waals surface area contributed by atoms with Crippen LogP contribution in [0.4, 0.5) is 10.5 Å². The maximum absolute atomic E-state index is 12.3. The fraction of sp³-hybridized carbons (Fsp3) is 0.105. The number of nitrogens with one attached hydrogen (secondary N) is 2. The summed E-state index contributed by atoms with van der Waals surface area (Å²) in [6.07, 6.45) is 0. The van der Waals surface area contributed by atoms with E-state index in [0.717, 1.165) is 22.2 Å². The first-order valence-electron chi connectivity index (χ1n) is 7.93. The molecule has 132 valence electrons. The largest absolute Gasteiger partial charge is 0.497 e. The van der Waals surface area contributed by atoms with Crippen molar-refractivity contribution in [2.45, 2.75) is 6.54 Å². The van der Waals surface area contributed by atoms with E-state index in [9.17, 15) is 9.59 Å². The summed E-state index contributed by atoms with van der Waals surface area (Å²) >= 11 is 0. The van der Waals surface area contributed by atoms with E-state index >= 15 is 0 Å². The molecule has 0 saturated carbocycles. The standard InChI is InChI=1S/C19H18N4O3/c1-26-15-7-9-16-13(10-15)4-8-17(23-16)18(24)21-11-12-2-5-14(6-3-12)22-19(20)25/h2-10H,11H2,1H3,(H,21,24)(H3,20,22,25). The quantitative estimate of drug-likeness (QED) is 0.657. The fourth-order valence-corrected chi connectivity index (χ4v) is 2.48. The Hall–Kier alpha value is -3.61. The number of aromatic nitrogens is 1. The lowest BCUT2D eigenvalue weighted by Crippen LogP contribution is -2.23. The molecule has 7 nitrogen and oxygen atoms in total. The number of carbonyl (C=O) groups is 2. The second-order valence-electron chi connectivity index (χ2n) is 5.62. The maximum Gasteiger partial charge on any atom is 0.316 e. The minimum atomic E-state index is -0.619. The van der Waals surface area contributed by atoms with Crippen LogP contribution in [0.2, 0.25) is 0 Å². The third kappa shape index (κ3) is 4.07. The molecule has 3 aromatic rings. The summed E-state index contributed by atoms with van der Waals surface area (Å²) in [6, 6.07) is 15.4. The molecule has 0 unspecified atom stereocenters. The molecule has 2 aromatic carbocycles. The highest BCUT2D eigenvalue weighted by molar-refractivity contribution is 5.95. The van der Waals surface area contributed by atoms with Gasteiger partial charge in [-0.25, -0.2) is 9.78 Å². The van der Waals surface area contributed by atoms with Crippen molar-refractivity contribution in [3.8, 4) is 5.75 Å². The first-order chi connectivity index (χ1) is 12.5. The van der Waals surface area contributed by atoms with Crippen LogP contribution in [0.15, 0.2) is 54.6 Å². The van der Waals surface area contributed by atoms with Crippen molar-refractivity contribution in [3.63, 3.8) is 0 Å². The number of carbonyl (C=O) groups excluding carboxylic acids is 2. The van der Waals surface area contributed by atoms with E-state index in [4.69, 9.17) is 10.5 Å². The first kappa shape index (κ1) is 17.2. The van der Waals surface area contributed by atoms with Crippen LogP contribution >= 0.6 is 0 Å². The monoisotopic (exact) mass is 350 g/mol. The highest BCUT2D eigenvalue weighted by atomic mass is 16.5. The van der Waals surface area contributed by atoms with Crippen LogP contribution in [0.25, 0.3) is 10.9 Å². The van der Waals surface area contributed by atoms with E-state index in [1.807, 2.05) is 18.2 Å². The van der Waals surface area contributed by atoms with Gasteiger partial charge in [0.2, 0.25) is 0 Å². The molecular weight excluding hydrogens is 332 g/mol. The van der Waals surface area contributed by atoms with Crippen molar-refractivity contribution < 1.29 is 14.3 Å². The van der Waals surface area contributed by atoms with Crippen molar-refractivity contribution in [3.05, 3.63) is 65.9 Å². The fourth-order valence-electron chi connectivity index (χ4n) is 2.48. The van der Waals surface area contributed by atoms with Gasteiger partial charge in [0.15, 0.2) is 0 Å². The van der Waals surface area contributed by atoms with Gasteiger partial charge in [-0.05, 0) is 42.0 Å². The van der Waals surface area contributed by atoms with Gasteiger partial charge >= 0.3 is 6.03 Å². The predicted molar refractivity (Wildman–Crippen MR) is 99.1 cm³/mol. The second-order valence-corrected chi connectivity index (χ2v) is 5.62. The number of hydrogen-bond acceptors (Lipinski definition) is 4. The number of methoxy groups -OCH3 is 1. The molecular formula is C19H18N4O3. The van der Waals surface area contributed by atoms with Gasteiger partial charge in [-0.1, -0.05) is 18.2 Å². The number of ether oxygens (including phenoxy) is 1. The zero-order valence-electron chi connectivity index (χ0n) is 14.2. The molecule has 4 N–H and O–H groups in total. The summed E-state index contributed by atoms with van der Waals surface area (Å²) in [5.74, 6) is 0.479. The van der Waals surface area contributed by atoms with Crippen LogP contribution in [-0.4, -0.2) is 24.0 Å². The SMILES string of the molecule is COc1ccc2nc(C(=O)NCc3ccc(NC(N)=O)cc3)ccc2c1. The van der Waals surface area contributed by atoms with Gasteiger partial charge in [0, 0.05) is 17.6 Å². The maximum atomic E-state index is 12.3. The van der Waals surface area contributed by atoms with Gasteiger partial charge in [-0.2, -0.15) is 0 Å². The van der Waals surface area contributed by atoms with Crippen LogP contribution in [0, 0.1) is 0 Å². The van der Waals surface area contributed by atoms with E-state index in [1.165, 1.54) is 0 Å². The van der Waals surface area contributed by atoms with Gasteiger partial charge in [-0.15, -0.1) is 0 Å². The Bertz CT molecular complexity index is 955. The van der Waals surface area contributed by atoms with Crippen LogP contribution in [0.3, 0.4) is 0 Å². The summed E-state index contributed by atoms with van der Waals surface area (Å²) in [6.45, 7) is 0.345. The smallest absolute Gasteiger partial charge is 0.316 e. The molecule has 0 atom stereocenters. The van der Waals surface area contributed by atoms with Crippen LogP contribution in [0.1, 0.15) is 16.1 Å². The molecule has 7 heteroatoms. The number of pyridine rings is 1. The molecule has 0 aliphatic carbocycles. The highest BCUT2D eigenvalue weighted by Gasteiger charge is 2.08. The zero-order valence-corrected chi connectivity index (χ0v) is 14.2. The third-order valence-corrected chi connectivity index (χ3v) is 3.80. The van der Waals surface area contributed by atoms with Crippen molar-refractivity contribution >= 4 is 28.5 Å². The predicted octanol–water partition coefficient (Wildman–Crippen LogP) is 2.66. The topological polar surface area (TPSA) is 106 Å². The lowest BCUT2D eigenvalue weighted by atomic mass is 10.2. The van der Waals surface area contributed by atoms with Gasteiger partial charge in [0.25, 0.3) is 5.91 Å². The van der Waals surface area contributed by atoms with Crippen molar-refractivity contribution in [1.29, 1.82) is 0 Å². The van der Waals surface area contributed by atoms with Crippen LogP contribution in [0.5, 0.6) is 5.75 Å². The van der Waals surface area contributed by atoms with E-state index in [1.54, 1.807) is 43.5 Å². The molecule has 0 radical (unpaired) electrons. The van der Waals surface area contributed by atoms with Crippen LogP contribution < -0.4 is 21.1 Å². The molecule has 0 aliphatic heterocycles. The Morgan fingerprint density at radius 2 is 1.85 bits per heavy atom. The van der Waals surface area contributed by atoms with Crippen molar-refractivity contribution in [2.24, 2.45) is 5.73 Å². The number of primary amides is 1. The molecule has 0 spiro atoms.